The Kier molecular flexibility index (Phi) is 4.55. The number of nitrogen functional groups attached to an aromatic ring is 2. The van der Waals surface area contributed by atoms with E-state index >= 15 is 0 Å². The van der Waals surface area contributed by atoms with Gasteiger partial charge in [-0.05, 0) is 12.1 Å². The molecule has 28 heavy (non-hydrogen) atoms. The molecule has 1 aliphatic heterocycles. The Bertz CT molecular complexity index is 1020. The average molecular weight is 386 g/mol. The number of anilines is 2. The first-order valence-electron chi connectivity index (χ1n) is 8.44. The molecule has 3 heterocycles. The fraction of sp³-hybridized carbons (Fsp3) is 0.294. The fourth-order valence-corrected chi connectivity index (χ4v) is 3.15. The maximum atomic E-state index is 12.6. The number of carbonyl (C=O) groups is 1. The minimum absolute atomic E-state index is 0.156. The van der Waals surface area contributed by atoms with Crippen molar-refractivity contribution in [3.8, 4) is 0 Å². The van der Waals surface area contributed by atoms with Crippen LogP contribution >= 0.6 is 0 Å². The van der Waals surface area contributed by atoms with Crippen molar-refractivity contribution in [3.63, 3.8) is 0 Å². The van der Waals surface area contributed by atoms with Crippen LogP contribution < -0.4 is 11.5 Å². The summed E-state index contributed by atoms with van der Waals surface area (Å²) in [7, 11) is 0. The second-order valence-electron chi connectivity index (χ2n) is 6.28. The number of carbonyl (C=O) groups excluding carboxylic acids is 1. The number of ether oxygens (including phenoxy) is 2. The van der Waals surface area contributed by atoms with E-state index in [1.165, 1.54) is 23.3 Å². The third-order valence-electron chi connectivity index (χ3n) is 4.58. The van der Waals surface area contributed by atoms with E-state index in [9.17, 15) is 15.0 Å². The SMILES string of the molecule is Nc1ccccc1C(=O)OC1C(O)[C@@H](CO)O[C@H]1n1cnc2c(N)ncnc21. The number of benzene rings is 1. The predicted molar refractivity (Wildman–Crippen MR) is 96.8 cm³/mol. The standard InChI is InChI=1S/C17H18N6O5/c18-9-4-2-1-3-8(9)17(26)28-13-12(25)10(5-24)27-16(13)23-7-22-11-14(19)20-6-21-15(11)23/h1-4,6-7,10,12-13,16,24-25H,5,18H2,(H2,19,20,21)/t10-,12?,13?,16-/m1/s1. The Morgan fingerprint density at radius 1 is 1.25 bits per heavy atom. The second-order valence-corrected chi connectivity index (χ2v) is 6.28. The number of aromatic nitrogens is 4. The maximum absolute atomic E-state index is 12.6. The van der Waals surface area contributed by atoms with Crippen LogP contribution in [0.1, 0.15) is 16.6 Å². The van der Waals surface area contributed by atoms with Gasteiger partial charge < -0.3 is 31.2 Å². The maximum Gasteiger partial charge on any atom is 0.340 e. The van der Waals surface area contributed by atoms with Crippen molar-refractivity contribution in [2.24, 2.45) is 0 Å². The number of rotatable bonds is 4. The van der Waals surface area contributed by atoms with Crippen molar-refractivity contribution >= 4 is 28.6 Å². The topological polar surface area (TPSA) is 172 Å². The van der Waals surface area contributed by atoms with Gasteiger partial charge in [0.25, 0.3) is 0 Å². The number of esters is 1. The van der Waals surface area contributed by atoms with Gasteiger partial charge in [0.15, 0.2) is 23.8 Å². The largest absolute Gasteiger partial charge is 0.451 e. The quantitative estimate of drug-likeness (QED) is 0.337. The molecule has 3 aromatic rings. The monoisotopic (exact) mass is 386 g/mol. The zero-order chi connectivity index (χ0) is 19.8. The van der Waals surface area contributed by atoms with E-state index in [4.69, 9.17) is 20.9 Å². The molecule has 0 radical (unpaired) electrons. The Morgan fingerprint density at radius 2 is 2.04 bits per heavy atom. The molecule has 1 fully saturated rings. The van der Waals surface area contributed by atoms with Crippen molar-refractivity contribution in [2.45, 2.75) is 24.5 Å². The number of imidazole rings is 1. The summed E-state index contributed by atoms with van der Waals surface area (Å²) in [4.78, 5) is 24.8. The van der Waals surface area contributed by atoms with Crippen LogP contribution in [0.25, 0.3) is 11.2 Å². The molecule has 0 amide bonds. The number of para-hydroxylation sites is 1. The molecule has 1 saturated heterocycles. The molecular formula is C17H18N6O5. The van der Waals surface area contributed by atoms with E-state index in [0.29, 0.717) is 11.2 Å². The number of nitrogens with two attached hydrogens (primary N) is 2. The molecule has 2 unspecified atom stereocenters. The molecule has 146 valence electrons. The fourth-order valence-electron chi connectivity index (χ4n) is 3.15. The molecule has 0 aliphatic carbocycles. The molecule has 0 saturated carbocycles. The third-order valence-corrected chi connectivity index (χ3v) is 4.58. The Morgan fingerprint density at radius 3 is 2.79 bits per heavy atom. The molecule has 11 heteroatoms. The number of hydrogen-bond acceptors (Lipinski definition) is 10. The number of hydrogen-bond donors (Lipinski definition) is 4. The van der Waals surface area contributed by atoms with Crippen LogP contribution in [0.2, 0.25) is 0 Å². The summed E-state index contributed by atoms with van der Waals surface area (Å²) in [6, 6.07) is 6.41. The molecule has 1 aromatic carbocycles. The molecule has 0 bridgehead atoms. The lowest BCUT2D eigenvalue weighted by Gasteiger charge is -2.22. The summed E-state index contributed by atoms with van der Waals surface area (Å²) < 4.78 is 12.7. The van der Waals surface area contributed by atoms with Crippen LogP contribution in [-0.4, -0.2) is 60.6 Å². The summed E-state index contributed by atoms with van der Waals surface area (Å²) in [5.41, 5.74) is 12.7. The highest BCUT2D eigenvalue weighted by Gasteiger charge is 2.47. The number of aliphatic hydroxyl groups is 2. The summed E-state index contributed by atoms with van der Waals surface area (Å²) in [5.74, 6) is -0.556. The van der Waals surface area contributed by atoms with Gasteiger partial charge in [-0.3, -0.25) is 4.57 Å². The van der Waals surface area contributed by atoms with Crippen LogP contribution in [0.15, 0.2) is 36.9 Å². The summed E-state index contributed by atoms with van der Waals surface area (Å²) in [5, 5.41) is 20.0. The van der Waals surface area contributed by atoms with E-state index in [0.717, 1.165) is 0 Å². The first kappa shape index (κ1) is 18.1. The van der Waals surface area contributed by atoms with Crippen LogP contribution in [0, 0.1) is 0 Å². The van der Waals surface area contributed by atoms with Gasteiger partial charge in [0.1, 0.15) is 24.1 Å². The van der Waals surface area contributed by atoms with Gasteiger partial charge in [-0.1, -0.05) is 12.1 Å². The minimum atomic E-state index is -1.28. The van der Waals surface area contributed by atoms with Crippen molar-refractivity contribution in [1.29, 1.82) is 0 Å². The highest BCUT2D eigenvalue weighted by Crippen LogP contribution is 2.34. The average Bonchev–Trinajstić information content (AvgIpc) is 3.24. The van der Waals surface area contributed by atoms with Crippen LogP contribution in [0.5, 0.6) is 0 Å². The van der Waals surface area contributed by atoms with Crippen LogP contribution in [-0.2, 0) is 9.47 Å². The Labute approximate surface area is 158 Å². The highest BCUT2D eigenvalue weighted by atomic mass is 16.6. The lowest BCUT2D eigenvalue weighted by molar-refractivity contribution is -0.0564. The Balaban J connectivity index is 1.70. The summed E-state index contributed by atoms with van der Waals surface area (Å²) in [6.45, 7) is -0.469. The van der Waals surface area contributed by atoms with Gasteiger partial charge in [-0.2, -0.15) is 0 Å². The van der Waals surface area contributed by atoms with Crippen molar-refractivity contribution in [1.82, 2.24) is 19.5 Å². The molecule has 6 N–H and O–H groups in total. The molecule has 4 rings (SSSR count). The van der Waals surface area contributed by atoms with Gasteiger partial charge in [0, 0.05) is 5.69 Å². The van der Waals surface area contributed by atoms with Gasteiger partial charge in [-0.25, -0.2) is 19.7 Å². The molecular weight excluding hydrogens is 368 g/mol. The summed E-state index contributed by atoms with van der Waals surface area (Å²) >= 11 is 0. The molecule has 11 nitrogen and oxygen atoms in total. The smallest absolute Gasteiger partial charge is 0.340 e. The number of nitrogens with zero attached hydrogens (tertiary/aromatic N) is 4. The predicted octanol–water partition coefficient (Wildman–Crippen LogP) is -0.533. The number of aliphatic hydroxyl groups excluding tert-OH is 2. The van der Waals surface area contributed by atoms with E-state index in [1.54, 1.807) is 18.2 Å². The summed E-state index contributed by atoms with van der Waals surface area (Å²) in [6.07, 6.45) is -1.72. The molecule has 2 aromatic heterocycles. The van der Waals surface area contributed by atoms with Crippen molar-refractivity contribution in [3.05, 3.63) is 42.5 Å². The van der Waals surface area contributed by atoms with E-state index < -0.39 is 37.1 Å². The number of fused-ring (bicyclic) bond motifs is 1. The van der Waals surface area contributed by atoms with Crippen LogP contribution in [0.3, 0.4) is 0 Å². The zero-order valence-corrected chi connectivity index (χ0v) is 14.5. The second kappa shape index (κ2) is 7.03. The van der Waals surface area contributed by atoms with Crippen molar-refractivity contribution in [2.75, 3.05) is 18.1 Å². The Hall–Kier alpha value is -3.28. The zero-order valence-electron chi connectivity index (χ0n) is 14.5. The van der Waals surface area contributed by atoms with E-state index in [-0.39, 0.29) is 17.1 Å². The van der Waals surface area contributed by atoms with Gasteiger partial charge >= 0.3 is 5.97 Å². The van der Waals surface area contributed by atoms with E-state index in [2.05, 4.69) is 15.0 Å². The lowest BCUT2D eigenvalue weighted by Crippen LogP contribution is -2.37. The molecule has 1 aliphatic rings. The van der Waals surface area contributed by atoms with Gasteiger partial charge in [-0.15, -0.1) is 0 Å². The normalized spacial score (nSPS) is 24.5. The first-order valence-corrected chi connectivity index (χ1v) is 8.44. The minimum Gasteiger partial charge on any atom is -0.451 e. The van der Waals surface area contributed by atoms with Crippen molar-refractivity contribution < 1.29 is 24.5 Å². The van der Waals surface area contributed by atoms with Gasteiger partial charge in [0.2, 0.25) is 0 Å². The molecule has 4 atom stereocenters. The highest BCUT2D eigenvalue weighted by molar-refractivity contribution is 5.95. The molecule has 0 spiro atoms. The van der Waals surface area contributed by atoms with Gasteiger partial charge in [0.05, 0.1) is 18.5 Å². The van der Waals surface area contributed by atoms with E-state index in [1.807, 2.05) is 0 Å². The lowest BCUT2D eigenvalue weighted by atomic mass is 10.1. The van der Waals surface area contributed by atoms with Crippen LogP contribution in [0.4, 0.5) is 11.5 Å². The third kappa shape index (κ3) is 2.91. The first-order chi connectivity index (χ1) is 13.5.